The van der Waals surface area contributed by atoms with Crippen LogP contribution in [0.15, 0.2) is 30.5 Å². The Labute approximate surface area is 183 Å². The third kappa shape index (κ3) is 5.92. The summed E-state index contributed by atoms with van der Waals surface area (Å²) in [5, 5.41) is 3.31. The van der Waals surface area contributed by atoms with Crippen LogP contribution in [0.4, 0.5) is 16.4 Å². The minimum Gasteiger partial charge on any atom is -0.444 e. The highest BCUT2D eigenvalue weighted by molar-refractivity contribution is 5.68. The van der Waals surface area contributed by atoms with Crippen molar-refractivity contribution in [1.82, 2.24) is 19.8 Å². The predicted molar refractivity (Wildman–Crippen MR) is 118 cm³/mol. The molecule has 0 atom stereocenters. The molecule has 2 aliphatic rings. The number of aromatic nitrogens is 2. The Morgan fingerprint density at radius 1 is 1.23 bits per heavy atom. The number of anilines is 2. The van der Waals surface area contributed by atoms with Gasteiger partial charge in [-0.1, -0.05) is 12.1 Å². The zero-order valence-corrected chi connectivity index (χ0v) is 18.6. The van der Waals surface area contributed by atoms with Gasteiger partial charge in [-0.3, -0.25) is 4.90 Å². The van der Waals surface area contributed by atoms with Crippen molar-refractivity contribution in [3.63, 3.8) is 0 Å². The fourth-order valence-corrected chi connectivity index (χ4v) is 3.74. The summed E-state index contributed by atoms with van der Waals surface area (Å²) in [5.74, 6) is 0.535. The third-order valence-corrected chi connectivity index (χ3v) is 5.29. The van der Waals surface area contributed by atoms with Crippen LogP contribution < -0.4 is 5.32 Å². The summed E-state index contributed by atoms with van der Waals surface area (Å²) in [6.45, 7) is 11.1. The van der Waals surface area contributed by atoms with Crippen molar-refractivity contribution in [2.24, 2.45) is 0 Å². The zero-order valence-electron chi connectivity index (χ0n) is 18.6. The van der Waals surface area contributed by atoms with E-state index in [9.17, 15) is 4.79 Å². The van der Waals surface area contributed by atoms with Gasteiger partial charge in [0, 0.05) is 38.1 Å². The van der Waals surface area contributed by atoms with Crippen molar-refractivity contribution in [2.45, 2.75) is 45.9 Å². The van der Waals surface area contributed by atoms with Gasteiger partial charge in [-0.05, 0) is 50.5 Å². The predicted octanol–water partition coefficient (Wildman–Crippen LogP) is 3.35. The monoisotopic (exact) mass is 425 g/mol. The third-order valence-electron chi connectivity index (χ3n) is 5.29. The number of ether oxygens (including phenoxy) is 2. The first-order valence-corrected chi connectivity index (χ1v) is 10.8. The van der Waals surface area contributed by atoms with E-state index in [0.717, 1.165) is 56.2 Å². The van der Waals surface area contributed by atoms with E-state index in [2.05, 4.69) is 32.3 Å². The Morgan fingerprint density at radius 2 is 2.03 bits per heavy atom. The molecule has 1 N–H and O–H groups in total. The standard InChI is InChI=1S/C23H31N5O3/c1-23(2,3)31-22(29)28-8-7-18-14-24-21(26-20(18)16-28)25-19-6-4-5-17(13-19)15-27-9-11-30-12-10-27/h4-6,13-14H,7-12,15-16H2,1-3H3,(H,24,25,26). The highest BCUT2D eigenvalue weighted by Gasteiger charge is 2.26. The topological polar surface area (TPSA) is 79.8 Å². The maximum absolute atomic E-state index is 12.4. The SMILES string of the molecule is CC(C)(C)OC(=O)N1CCc2cnc(Nc3cccc(CN4CCOCC4)c3)nc2C1. The number of fused-ring (bicyclic) bond motifs is 1. The summed E-state index contributed by atoms with van der Waals surface area (Å²) in [6, 6.07) is 8.32. The molecule has 1 aromatic heterocycles. The lowest BCUT2D eigenvalue weighted by Gasteiger charge is -2.30. The van der Waals surface area contributed by atoms with E-state index in [0.29, 0.717) is 19.0 Å². The molecule has 166 valence electrons. The molecule has 2 aliphatic heterocycles. The van der Waals surface area contributed by atoms with Crippen molar-refractivity contribution in [3.8, 4) is 0 Å². The average molecular weight is 426 g/mol. The second kappa shape index (κ2) is 9.20. The minimum atomic E-state index is -0.512. The summed E-state index contributed by atoms with van der Waals surface area (Å²) >= 11 is 0. The van der Waals surface area contributed by atoms with Crippen LogP contribution in [-0.2, 0) is 29.0 Å². The zero-order chi connectivity index (χ0) is 21.8. The Morgan fingerprint density at radius 3 is 2.81 bits per heavy atom. The molecule has 31 heavy (non-hydrogen) atoms. The molecule has 1 saturated heterocycles. The van der Waals surface area contributed by atoms with Gasteiger partial charge in [-0.15, -0.1) is 0 Å². The molecule has 0 radical (unpaired) electrons. The van der Waals surface area contributed by atoms with Crippen molar-refractivity contribution < 1.29 is 14.3 Å². The summed E-state index contributed by atoms with van der Waals surface area (Å²) in [6.07, 6.45) is 2.28. The summed E-state index contributed by atoms with van der Waals surface area (Å²) in [7, 11) is 0. The molecule has 8 heteroatoms. The number of hydrogen-bond donors (Lipinski definition) is 1. The number of nitrogens with zero attached hydrogens (tertiary/aromatic N) is 4. The quantitative estimate of drug-likeness (QED) is 0.805. The van der Waals surface area contributed by atoms with Crippen LogP contribution in [0.2, 0.25) is 0 Å². The van der Waals surface area contributed by atoms with Crippen LogP contribution in [-0.4, -0.2) is 64.3 Å². The van der Waals surface area contributed by atoms with Crippen LogP contribution >= 0.6 is 0 Å². The number of rotatable bonds is 4. The van der Waals surface area contributed by atoms with Gasteiger partial charge in [-0.25, -0.2) is 14.8 Å². The van der Waals surface area contributed by atoms with Gasteiger partial charge >= 0.3 is 6.09 Å². The summed E-state index contributed by atoms with van der Waals surface area (Å²) < 4.78 is 10.9. The average Bonchev–Trinajstić information content (AvgIpc) is 2.73. The Hall–Kier alpha value is -2.71. The lowest BCUT2D eigenvalue weighted by Crippen LogP contribution is -2.40. The Kier molecular flexibility index (Phi) is 6.38. The molecule has 4 rings (SSSR count). The highest BCUT2D eigenvalue weighted by atomic mass is 16.6. The molecule has 0 bridgehead atoms. The van der Waals surface area contributed by atoms with Crippen molar-refractivity contribution in [2.75, 3.05) is 38.2 Å². The second-order valence-corrected chi connectivity index (χ2v) is 9.03. The molecule has 1 amide bonds. The number of carbonyl (C=O) groups is 1. The van der Waals surface area contributed by atoms with Gasteiger partial charge < -0.3 is 19.7 Å². The van der Waals surface area contributed by atoms with Crippen LogP contribution in [0.3, 0.4) is 0 Å². The summed E-state index contributed by atoms with van der Waals surface area (Å²) in [4.78, 5) is 25.7. The van der Waals surface area contributed by atoms with Crippen molar-refractivity contribution >= 4 is 17.7 Å². The largest absolute Gasteiger partial charge is 0.444 e. The molecule has 8 nitrogen and oxygen atoms in total. The first kappa shape index (κ1) is 21.5. The molecule has 1 aromatic carbocycles. The van der Waals surface area contributed by atoms with E-state index in [1.54, 1.807) is 4.90 Å². The number of benzene rings is 1. The molecule has 0 spiro atoms. The van der Waals surface area contributed by atoms with E-state index in [1.807, 2.05) is 39.1 Å². The van der Waals surface area contributed by atoms with Gasteiger partial charge in [0.2, 0.25) is 5.95 Å². The number of hydrogen-bond acceptors (Lipinski definition) is 7. The first-order chi connectivity index (χ1) is 14.9. The van der Waals surface area contributed by atoms with E-state index < -0.39 is 5.60 Å². The maximum Gasteiger partial charge on any atom is 0.410 e. The summed E-state index contributed by atoms with van der Waals surface area (Å²) in [5.41, 5.74) is 3.61. The molecular weight excluding hydrogens is 394 g/mol. The normalized spacial score (nSPS) is 17.2. The van der Waals surface area contributed by atoms with Crippen LogP contribution in [0.25, 0.3) is 0 Å². The van der Waals surface area contributed by atoms with Crippen LogP contribution in [0.1, 0.15) is 37.6 Å². The van der Waals surface area contributed by atoms with Gasteiger partial charge in [-0.2, -0.15) is 0 Å². The second-order valence-electron chi connectivity index (χ2n) is 9.03. The van der Waals surface area contributed by atoms with Gasteiger partial charge in [0.05, 0.1) is 25.5 Å². The number of carbonyl (C=O) groups excluding carboxylic acids is 1. The molecule has 1 fully saturated rings. The van der Waals surface area contributed by atoms with Crippen LogP contribution in [0.5, 0.6) is 0 Å². The lowest BCUT2D eigenvalue weighted by molar-refractivity contribution is 0.0220. The smallest absolute Gasteiger partial charge is 0.410 e. The lowest BCUT2D eigenvalue weighted by atomic mass is 10.1. The first-order valence-electron chi connectivity index (χ1n) is 10.8. The molecule has 0 saturated carbocycles. The van der Waals surface area contributed by atoms with Crippen molar-refractivity contribution in [3.05, 3.63) is 47.3 Å². The van der Waals surface area contributed by atoms with E-state index in [1.165, 1.54) is 5.56 Å². The Bertz CT molecular complexity index is 922. The van der Waals surface area contributed by atoms with Gasteiger partial charge in [0.25, 0.3) is 0 Å². The van der Waals surface area contributed by atoms with Crippen LogP contribution in [0, 0.1) is 0 Å². The number of morpholine rings is 1. The number of nitrogens with one attached hydrogen (secondary N) is 1. The highest BCUT2D eigenvalue weighted by Crippen LogP contribution is 2.22. The van der Waals surface area contributed by atoms with E-state index >= 15 is 0 Å². The van der Waals surface area contributed by atoms with E-state index in [-0.39, 0.29) is 6.09 Å². The molecular formula is C23H31N5O3. The number of amides is 1. The molecule has 0 aliphatic carbocycles. The van der Waals surface area contributed by atoms with Crippen molar-refractivity contribution in [1.29, 1.82) is 0 Å². The van der Waals surface area contributed by atoms with E-state index in [4.69, 9.17) is 9.47 Å². The molecule has 2 aromatic rings. The minimum absolute atomic E-state index is 0.304. The molecule has 3 heterocycles. The Balaban J connectivity index is 1.42. The maximum atomic E-state index is 12.4. The fraction of sp³-hybridized carbons (Fsp3) is 0.522. The van der Waals surface area contributed by atoms with Gasteiger partial charge in [0.1, 0.15) is 5.60 Å². The molecule has 0 unspecified atom stereocenters. The fourth-order valence-electron chi connectivity index (χ4n) is 3.74. The van der Waals surface area contributed by atoms with Gasteiger partial charge in [0.15, 0.2) is 0 Å².